The van der Waals surface area contributed by atoms with Gasteiger partial charge in [-0.2, -0.15) is 0 Å². The first-order chi connectivity index (χ1) is 12.4. The second kappa shape index (κ2) is 8.91. The van der Waals surface area contributed by atoms with Crippen molar-refractivity contribution in [3.63, 3.8) is 0 Å². The lowest BCUT2D eigenvalue weighted by Gasteiger charge is -2.14. The van der Waals surface area contributed by atoms with E-state index in [1.165, 1.54) is 44.6 Å². The molecule has 0 saturated carbocycles. The molecule has 0 atom stereocenters. The summed E-state index contributed by atoms with van der Waals surface area (Å²) >= 11 is 5.22. The van der Waals surface area contributed by atoms with Crippen LogP contribution in [0.25, 0.3) is 0 Å². The molecule has 2 N–H and O–H groups in total. The molecule has 0 heterocycles. The largest absolute Gasteiger partial charge is 0.465 e. The van der Waals surface area contributed by atoms with Crippen molar-refractivity contribution in [1.29, 1.82) is 0 Å². The molecule has 0 aliphatic carbocycles. The maximum Gasteiger partial charge on any atom is 0.339 e. The molecule has 2 rings (SSSR count). The van der Waals surface area contributed by atoms with Gasteiger partial charge in [0.15, 0.2) is 5.11 Å². The van der Waals surface area contributed by atoms with Gasteiger partial charge in [-0.1, -0.05) is 12.1 Å². The lowest BCUT2D eigenvalue weighted by atomic mass is 10.1. The van der Waals surface area contributed by atoms with Gasteiger partial charge in [0, 0.05) is 6.54 Å². The highest BCUT2D eigenvalue weighted by molar-refractivity contribution is 7.80. The van der Waals surface area contributed by atoms with Gasteiger partial charge in [-0.25, -0.2) is 14.0 Å². The van der Waals surface area contributed by atoms with Crippen LogP contribution in [0.3, 0.4) is 0 Å². The molecule has 2 aromatic rings. The predicted molar refractivity (Wildman–Crippen MR) is 98.6 cm³/mol. The number of rotatable bonds is 5. The van der Waals surface area contributed by atoms with Crippen molar-refractivity contribution in [2.24, 2.45) is 0 Å². The number of halogens is 1. The second-order valence-electron chi connectivity index (χ2n) is 5.18. The van der Waals surface area contributed by atoms with Crippen molar-refractivity contribution < 1.29 is 23.5 Å². The molecular weight excluding hydrogens is 359 g/mol. The molecular formula is C18H17FN2O4S. The molecule has 8 heteroatoms. The van der Waals surface area contributed by atoms with Gasteiger partial charge in [0.2, 0.25) is 0 Å². The Kier molecular flexibility index (Phi) is 6.62. The Morgan fingerprint density at radius 1 is 1.04 bits per heavy atom. The van der Waals surface area contributed by atoms with E-state index >= 15 is 0 Å². The van der Waals surface area contributed by atoms with Gasteiger partial charge < -0.3 is 20.1 Å². The van der Waals surface area contributed by atoms with Crippen molar-refractivity contribution >= 4 is 35.0 Å². The fourth-order valence-electron chi connectivity index (χ4n) is 2.13. The molecule has 0 radical (unpaired) electrons. The standard InChI is InChI=1S/C18H17FN2O4S/c1-24-16(22)12-5-8-14(17(23)25-2)15(9-12)21-18(26)20-10-11-3-6-13(19)7-4-11/h3-9H,10H2,1-2H3,(H2,20,21,26). The van der Waals surface area contributed by atoms with Crippen molar-refractivity contribution in [2.45, 2.75) is 6.54 Å². The number of benzene rings is 2. The van der Waals surface area contributed by atoms with Gasteiger partial charge in [-0.3, -0.25) is 0 Å². The molecule has 0 spiro atoms. The first-order valence-electron chi connectivity index (χ1n) is 7.54. The van der Waals surface area contributed by atoms with E-state index in [0.717, 1.165) is 5.56 Å². The van der Waals surface area contributed by atoms with E-state index in [1.54, 1.807) is 12.1 Å². The Bertz CT molecular complexity index is 824. The van der Waals surface area contributed by atoms with Crippen LogP contribution in [0.4, 0.5) is 10.1 Å². The quantitative estimate of drug-likeness (QED) is 0.614. The van der Waals surface area contributed by atoms with E-state index in [0.29, 0.717) is 12.2 Å². The molecule has 0 saturated heterocycles. The average Bonchev–Trinajstić information content (AvgIpc) is 2.66. The Labute approximate surface area is 155 Å². The second-order valence-corrected chi connectivity index (χ2v) is 5.59. The van der Waals surface area contributed by atoms with Crippen LogP contribution >= 0.6 is 12.2 Å². The zero-order valence-electron chi connectivity index (χ0n) is 14.2. The summed E-state index contributed by atoms with van der Waals surface area (Å²) in [6.45, 7) is 0.358. The van der Waals surface area contributed by atoms with Gasteiger partial charge >= 0.3 is 11.9 Å². The molecule has 26 heavy (non-hydrogen) atoms. The summed E-state index contributed by atoms with van der Waals surface area (Å²) in [7, 11) is 2.52. The van der Waals surface area contributed by atoms with E-state index in [4.69, 9.17) is 17.0 Å². The van der Waals surface area contributed by atoms with Gasteiger partial charge in [0.05, 0.1) is 31.0 Å². The highest BCUT2D eigenvalue weighted by atomic mass is 32.1. The summed E-state index contributed by atoms with van der Waals surface area (Å²) in [6.07, 6.45) is 0. The van der Waals surface area contributed by atoms with Crippen LogP contribution in [-0.4, -0.2) is 31.3 Å². The van der Waals surface area contributed by atoms with Crippen LogP contribution in [0.1, 0.15) is 26.3 Å². The average molecular weight is 376 g/mol. The Morgan fingerprint density at radius 3 is 2.31 bits per heavy atom. The molecule has 0 amide bonds. The van der Waals surface area contributed by atoms with E-state index in [1.807, 2.05) is 0 Å². The Balaban J connectivity index is 2.14. The smallest absolute Gasteiger partial charge is 0.339 e. The van der Waals surface area contributed by atoms with Crippen molar-refractivity contribution in [3.8, 4) is 0 Å². The van der Waals surface area contributed by atoms with Crippen molar-refractivity contribution in [2.75, 3.05) is 19.5 Å². The van der Waals surface area contributed by atoms with Gasteiger partial charge in [-0.05, 0) is 48.1 Å². The summed E-state index contributed by atoms with van der Waals surface area (Å²) in [5.41, 5.74) is 1.60. The summed E-state index contributed by atoms with van der Waals surface area (Å²) < 4.78 is 22.3. The zero-order valence-corrected chi connectivity index (χ0v) is 15.0. The number of methoxy groups -OCH3 is 2. The molecule has 0 aliphatic rings. The SMILES string of the molecule is COC(=O)c1ccc(C(=O)OC)c(NC(=S)NCc2ccc(F)cc2)c1. The minimum absolute atomic E-state index is 0.214. The number of hydrogen-bond donors (Lipinski definition) is 2. The lowest BCUT2D eigenvalue weighted by Crippen LogP contribution is -2.29. The molecule has 6 nitrogen and oxygen atoms in total. The van der Waals surface area contributed by atoms with Gasteiger partial charge in [0.25, 0.3) is 0 Å². The summed E-state index contributed by atoms with van der Waals surface area (Å²) in [6, 6.07) is 10.3. The maximum atomic E-state index is 12.9. The Hall–Kier alpha value is -3.00. The number of hydrogen-bond acceptors (Lipinski definition) is 5. The number of anilines is 1. The minimum atomic E-state index is -0.578. The summed E-state index contributed by atoms with van der Waals surface area (Å²) in [4.78, 5) is 23.6. The topological polar surface area (TPSA) is 76.7 Å². The normalized spacial score (nSPS) is 9.96. The van der Waals surface area contributed by atoms with Gasteiger partial charge in [-0.15, -0.1) is 0 Å². The third-order valence-corrected chi connectivity index (χ3v) is 3.71. The lowest BCUT2D eigenvalue weighted by molar-refractivity contribution is 0.0587. The molecule has 0 unspecified atom stereocenters. The minimum Gasteiger partial charge on any atom is -0.465 e. The molecule has 0 aliphatic heterocycles. The van der Waals surface area contributed by atoms with E-state index in [9.17, 15) is 14.0 Å². The van der Waals surface area contributed by atoms with Crippen molar-refractivity contribution in [3.05, 3.63) is 65.0 Å². The maximum absolute atomic E-state index is 12.9. The highest BCUT2D eigenvalue weighted by Crippen LogP contribution is 2.20. The van der Waals surface area contributed by atoms with Crippen LogP contribution < -0.4 is 10.6 Å². The van der Waals surface area contributed by atoms with Crippen LogP contribution in [0.2, 0.25) is 0 Å². The summed E-state index contributed by atoms with van der Waals surface area (Å²) in [5, 5.41) is 6.03. The van der Waals surface area contributed by atoms with Crippen LogP contribution in [0.15, 0.2) is 42.5 Å². The zero-order chi connectivity index (χ0) is 19.1. The first-order valence-corrected chi connectivity index (χ1v) is 7.95. The van der Waals surface area contributed by atoms with Crippen LogP contribution in [0.5, 0.6) is 0 Å². The van der Waals surface area contributed by atoms with E-state index < -0.39 is 11.9 Å². The molecule has 2 aromatic carbocycles. The number of esters is 2. The third kappa shape index (κ3) is 5.00. The number of carbonyl (C=O) groups excluding carboxylic acids is 2. The van der Waals surface area contributed by atoms with Crippen LogP contribution in [0, 0.1) is 5.82 Å². The number of thiocarbonyl (C=S) groups is 1. The number of carbonyl (C=O) groups is 2. The molecule has 0 fully saturated rings. The molecule has 136 valence electrons. The highest BCUT2D eigenvalue weighted by Gasteiger charge is 2.16. The number of nitrogens with one attached hydrogen (secondary N) is 2. The molecule has 0 aromatic heterocycles. The van der Waals surface area contributed by atoms with Crippen LogP contribution in [-0.2, 0) is 16.0 Å². The van der Waals surface area contributed by atoms with E-state index in [2.05, 4.69) is 15.4 Å². The van der Waals surface area contributed by atoms with Gasteiger partial charge in [0.1, 0.15) is 5.82 Å². The monoisotopic (exact) mass is 376 g/mol. The summed E-state index contributed by atoms with van der Waals surface area (Å²) in [5.74, 6) is -1.45. The number of ether oxygens (including phenoxy) is 2. The fourth-order valence-corrected chi connectivity index (χ4v) is 2.31. The fraction of sp³-hybridized carbons (Fsp3) is 0.167. The molecule has 0 bridgehead atoms. The van der Waals surface area contributed by atoms with Crippen molar-refractivity contribution in [1.82, 2.24) is 5.32 Å². The predicted octanol–water partition coefficient (Wildman–Crippen LogP) is 2.89. The third-order valence-electron chi connectivity index (χ3n) is 3.46. The van der Waals surface area contributed by atoms with E-state index in [-0.39, 0.29) is 22.1 Å². The Morgan fingerprint density at radius 2 is 1.69 bits per heavy atom. The first kappa shape index (κ1) is 19.3.